The van der Waals surface area contributed by atoms with Gasteiger partial charge in [-0.25, -0.2) is 9.37 Å². The predicted molar refractivity (Wildman–Crippen MR) is 125 cm³/mol. The van der Waals surface area contributed by atoms with E-state index in [4.69, 9.17) is 11.6 Å². The largest absolute Gasteiger partial charge is 0.501 e. The number of carbonyl (C=O) groups is 1. The number of carbonyl (C=O) groups excluding carboxylic acids is 1. The number of aryl methyl sites for hydroxylation is 1. The van der Waals surface area contributed by atoms with E-state index in [1.165, 1.54) is 37.7 Å². The fourth-order valence-electron chi connectivity index (χ4n) is 3.98. The fourth-order valence-corrected chi connectivity index (χ4v) is 4.22. The number of aromatic nitrogens is 5. The Morgan fingerprint density at radius 1 is 1.34 bits per heavy atom. The molecule has 35 heavy (non-hydrogen) atoms. The Labute approximate surface area is 204 Å². The van der Waals surface area contributed by atoms with Crippen LogP contribution in [0.15, 0.2) is 52.4 Å². The van der Waals surface area contributed by atoms with Crippen LogP contribution in [0.2, 0.25) is 5.02 Å². The van der Waals surface area contributed by atoms with Crippen LogP contribution in [-0.4, -0.2) is 35.5 Å². The van der Waals surface area contributed by atoms with Crippen molar-refractivity contribution in [3.05, 3.63) is 86.9 Å². The average molecular weight is 501 g/mol. The van der Waals surface area contributed by atoms with Gasteiger partial charge in [0.15, 0.2) is 5.69 Å². The lowest BCUT2D eigenvalue weighted by Crippen LogP contribution is -2.29. The summed E-state index contributed by atoms with van der Waals surface area (Å²) in [4.78, 5) is 30.0. The van der Waals surface area contributed by atoms with Crippen LogP contribution >= 0.6 is 11.6 Å². The number of hydrogen-bond acceptors (Lipinski definition) is 7. The summed E-state index contributed by atoms with van der Waals surface area (Å²) in [6.45, 7) is 4.31. The number of hydrogen-bond donors (Lipinski definition) is 2. The molecule has 182 valence electrons. The Morgan fingerprint density at radius 2 is 2.11 bits per heavy atom. The van der Waals surface area contributed by atoms with Crippen molar-refractivity contribution in [2.75, 3.05) is 5.32 Å². The van der Waals surface area contributed by atoms with Crippen molar-refractivity contribution in [1.82, 2.24) is 24.5 Å². The van der Waals surface area contributed by atoms with E-state index in [1.807, 2.05) is 6.92 Å². The number of anilines is 1. The number of nitrogens with one attached hydrogen (secondary N) is 1. The van der Waals surface area contributed by atoms with Gasteiger partial charge in [0.1, 0.15) is 23.6 Å². The van der Waals surface area contributed by atoms with Crippen LogP contribution in [0.5, 0.6) is 5.75 Å². The second-order valence-electron chi connectivity index (χ2n) is 7.96. The molecule has 0 aliphatic heterocycles. The Morgan fingerprint density at radius 3 is 2.77 bits per heavy atom. The van der Waals surface area contributed by atoms with Crippen LogP contribution in [-0.2, 0) is 13.6 Å². The average Bonchev–Trinajstić information content (AvgIpc) is 3.52. The van der Waals surface area contributed by atoms with Gasteiger partial charge in [-0.2, -0.15) is 5.10 Å². The minimum atomic E-state index is -0.823. The zero-order valence-electron chi connectivity index (χ0n) is 19.1. The summed E-state index contributed by atoms with van der Waals surface area (Å²) in [5.41, 5.74) is 0.121. The molecule has 0 saturated carbocycles. The number of amides is 1. The zero-order chi connectivity index (χ0) is 25.3. The molecule has 0 spiro atoms. The first-order chi connectivity index (χ1) is 16.7. The van der Waals surface area contributed by atoms with E-state index in [-0.39, 0.29) is 11.5 Å². The van der Waals surface area contributed by atoms with Gasteiger partial charge in [-0.3, -0.25) is 18.8 Å². The van der Waals surface area contributed by atoms with E-state index >= 15 is 0 Å². The molecule has 0 aliphatic rings. The van der Waals surface area contributed by atoms with Gasteiger partial charge in [-0.05, 0) is 36.2 Å². The number of halogens is 2. The van der Waals surface area contributed by atoms with Crippen molar-refractivity contribution in [2.24, 2.45) is 7.05 Å². The van der Waals surface area contributed by atoms with E-state index in [0.717, 1.165) is 4.57 Å². The first kappa shape index (κ1) is 24.1. The lowest BCUT2D eigenvalue weighted by Gasteiger charge is -2.26. The molecule has 2 atom stereocenters. The highest BCUT2D eigenvalue weighted by Gasteiger charge is 2.31. The van der Waals surface area contributed by atoms with Crippen molar-refractivity contribution in [3.8, 4) is 5.75 Å². The summed E-state index contributed by atoms with van der Waals surface area (Å²) in [6.07, 6.45) is 5.89. The molecule has 2 N–H and O–H groups in total. The first-order valence-electron chi connectivity index (χ1n) is 10.7. The molecule has 3 aromatic heterocycles. The molecule has 3 heterocycles. The fraction of sp³-hybridized carbons (Fsp3) is 0.261. The lowest BCUT2D eigenvalue weighted by molar-refractivity contribution is 0.101. The summed E-state index contributed by atoms with van der Waals surface area (Å²) in [5, 5.41) is 21.0. The number of benzene rings is 1. The molecule has 4 rings (SSSR count). The van der Waals surface area contributed by atoms with Crippen molar-refractivity contribution >= 4 is 23.2 Å². The molecule has 0 aliphatic carbocycles. The summed E-state index contributed by atoms with van der Waals surface area (Å²) in [6, 6.07) is 4.03. The molecule has 10 nitrogen and oxygen atoms in total. The van der Waals surface area contributed by atoms with Crippen LogP contribution in [0.3, 0.4) is 0 Å². The van der Waals surface area contributed by atoms with Crippen LogP contribution in [0.25, 0.3) is 0 Å². The molecule has 1 amide bonds. The van der Waals surface area contributed by atoms with Crippen molar-refractivity contribution in [3.63, 3.8) is 0 Å². The van der Waals surface area contributed by atoms with Gasteiger partial charge in [-0.15, -0.1) is 0 Å². The summed E-state index contributed by atoms with van der Waals surface area (Å²) >= 11 is 6.47. The Bertz CT molecular complexity index is 1430. The van der Waals surface area contributed by atoms with Gasteiger partial charge in [-0.1, -0.05) is 23.7 Å². The summed E-state index contributed by atoms with van der Waals surface area (Å²) in [5.74, 6) is -3.10. The quantitative estimate of drug-likeness (QED) is 0.396. The van der Waals surface area contributed by atoms with Gasteiger partial charge in [0.25, 0.3) is 11.5 Å². The van der Waals surface area contributed by atoms with Gasteiger partial charge in [0.05, 0.1) is 12.4 Å². The molecule has 0 bridgehead atoms. The second-order valence-corrected chi connectivity index (χ2v) is 8.37. The third-order valence-corrected chi connectivity index (χ3v) is 6.09. The molecule has 0 unspecified atom stereocenters. The van der Waals surface area contributed by atoms with E-state index in [9.17, 15) is 19.1 Å². The molecular weight excluding hydrogens is 479 g/mol. The van der Waals surface area contributed by atoms with Crippen molar-refractivity contribution < 1.29 is 18.8 Å². The topological polar surface area (TPSA) is 128 Å². The Hall–Kier alpha value is -3.99. The number of aromatic hydroxyl groups is 1. The van der Waals surface area contributed by atoms with Gasteiger partial charge in [0.2, 0.25) is 5.75 Å². The van der Waals surface area contributed by atoms with Crippen molar-refractivity contribution in [2.45, 2.75) is 32.2 Å². The monoisotopic (exact) mass is 500 g/mol. The Kier molecular flexibility index (Phi) is 6.70. The van der Waals surface area contributed by atoms with E-state index in [1.54, 1.807) is 24.0 Å². The minimum absolute atomic E-state index is 0.179. The minimum Gasteiger partial charge on any atom is -0.501 e. The van der Waals surface area contributed by atoms with Crippen LogP contribution in [0.1, 0.15) is 53.1 Å². The molecule has 0 fully saturated rings. The van der Waals surface area contributed by atoms with Gasteiger partial charge in [0, 0.05) is 36.6 Å². The summed E-state index contributed by atoms with van der Waals surface area (Å²) in [7, 11) is 1.43. The van der Waals surface area contributed by atoms with E-state index in [2.05, 4.69) is 25.1 Å². The van der Waals surface area contributed by atoms with Gasteiger partial charge >= 0.3 is 0 Å². The maximum Gasteiger partial charge on any atom is 0.296 e. The van der Waals surface area contributed by atoms with Crippen LogP contribution in [0, 0.1) is 5.82 Å². The maximum absolute atomic E-state index is 14.3. The number of nitrogens with zero attached hydrogens (tertiary/aromatic N) is 5. The SMILES string of the molecule is CCn1cc([C@H](c2cc(F)ccc2Cl)[C@@H](C)c2nc(C(=O)Nc3cnoc3)c(O)c(=O)n2C)cn1. The molecule has 4 aromatic rings. The smallest absolute Gasteiger partial charge is 0.296 e. The van der Waals surface area contributed by atoms with E-state index < -0.39 is 40.6 Å². The third kappa shape index (κ3) is 4.67. The highest BCUT2D eigenvalue weighted by Crippen LogP contribution is 2.40. The molecule has 0 saturated heterocycles. The molecule has 0 radical (unpaired) electrons. The van der Waals surface area contributed by atoms with Crippen LogP contribution in [0.4, 0.5) is 10.1 Å². The normalized spacial score (nSPS) is 12.9. The number of rotatable bonds is 7. The standard InChI is InChI=1S/C23H22ClFN6O4/c1-4-31-10-13(8-26-31)18(16-7-14(25)5-6-17(16)24)12(2)21-29-19(20(32)23(34)30(21)3)22(33)28-15-9-27-35-11-15/h5-12,18,32H,4H2,1-3H3,(H,28,33)/t12-,18-/m1/s1. The molecular formula is C23H22ClFN6O4. The molecule has 12 heteroatoms. The third-order valence-electron chi connectivity index (χ3n) is 5.74. The van der Waals surface area contributed by atoms with Crippen molar-refractivity contribution in [1.29, 1.82) is 0 Å². The first-order valence-corrected chi connectivity index (χ1v) is 11.1. The molecule has 1 aromatic carbocycles. The van der Waals surface area contributed by atoms with Gasteiger partial charge < -0.3 is 14.9 Å². The highest BCUT2D eigenvalue weighted by molar-refractivity contribution is 6.31. The van der Waals surface area contributed by atoms with Crippen LogP contribution < -0.4 is 10.9 Å². The predicted octanol–water partition coefficient (Wildman–Crippen LogP) is 3.67. The zero-order valence-corrected chi connectivity index (χ0v) is 19.8. The summed E-state index contributed by atoms with van der Waals surface area (Å²) < 4.78 is 21.8. The maximum atomic E-state index is 14.3. The second kappa shape index (κ2) is 9.71. The highest BCUT2D eigenvalue weighted by atomic mass is 35.5. The lowest BCUT2D eigenvalue weighted by atomic mass is 9.82. The van der Waals surface area contributed by atoms with E-state index in [0.29, 0.717) is 22.7 Å². The Balaban J connectivity index is 1.85.